The van der Waals surface area contributed by atoms with E-state index in [0.29, 0.717) is 20.6 Å². The summed E-state index contributed by atoms with van der Waals surface area (Å²) in [5, 5.41) is 0.534. The number of benzene rings is 2. The summed E-state index contributed by atoms with van der Waals surface area (Å²) < 4.78 is 14.0. The molecule has 0 saturated carbocycles. The summed E-state index contributed by atoms with van der Waals surface area (Å²) in [6, 6.07) is 9.07. The Hall–Kier alpha value is -0.710. The van der Waals surface area contributed by atoms with E-state index in [1.165, 1.54) is 18.2 Å². The molecule has 0 aromatic heterocycles. The molecule has 92 valence electrons. The molecule has 2 aromatic carbocycles. The van der Waals surface area contributed by atoms with Crippen molar-refractivity contribution in [3.8, 4) is 0 Å². The van der Waals surface area contributed by atoms with Crippen molar-refractivity contribution in [3.63, 3.8) is 0 Å². The number of carbonyl (C=O) groups is 1. The van der Waals surface area contributed by atoms with Crippen LogP contribution in [0.15, 0.2) is 45.3 Å². The van der Waals surface area contributed by atoms with Gasteiger partial charge >= 0.3 is 0 Å². The predicted octanol–water partition coefficient (Wildman–Crippen LogP) is 5.24. The van der Waals surface area contributed by atoms with Gasteiger partial charge in [-0.25, -0.2) is 4.39 Å². The second kappa shape index (κ2) is 5.51. The zero-order valence-corrected chi connectivity index (χ0v) is 12.8. The van der Waals surface area contributed by atoms with Gasteiger partial charge in [-0.3, -0.25) is 4.79 Å². The van der Waals surface area contributed by atoms with E-state index in [9.17, 15) is 9.18 Å². The molecule has 2 aromatic rings. The number of halogens is 4. The molecule has 0 saturated heterocycles. The minimum absolute atomic E-state index is 0.187. The molecule has 0 spiro atoms. The van der Waals surface area contributed by atoms with E-state index in [1.54, 1.807) is 18.2 Å². The Balaban J connectivity index is 2.41. The van der Waals surface area contributed by atoms with E-state index in [0.717, 1.165) is 0 Å². The van der Waals surface area contributed by atoms with Crippen LogP contribution in [0.25, 0.3) is 0 Å². The van der Waals surface area contributed by atoms with Crippen LogP contribution in [0.4, 0.5) is 4.39 Å². The lowest BCUT2D eigenvalue weighted by Gasteiger charge is -2.04. The summed E-state index contributed by atoms with van der Waals surface area (Å²) in [7, 11) is 0. The van der Waals surface area contributed by atoms with Crippen LogP contribution in [0.3, 0.4) is 0 Å². The van der Waals surface area contributed by atoms with E-state index >= 15 is 0 Å². The number of hydrogen-bond acceptors (Lipinski definition) is 1. The SMILES string of the molecule is O=C(c1ccc(F)c(Br)c1)c1ccc(Cl)c(Br)c1. The van der Waals surface area contributed by atoms with Gasteiger partial charge in [0.25, 0.3) is 0 Å². The molecule has 0 fully saturated rings. The monoisotopic (exact) mass is 390 g/mol. The van der Waals surface area contributed by atoms with E-state index in [-0.39, 0.29) is 10.3 Å². The predicted molar refractivity (Wildman–Crippen MR) is 76.7 cm³/mol. The Labute approximate surface area is 125 Å². The first-order valence-corrected chi connectivity index (χ1v) is 6.90. The molecule has 0 atom stereocenters. The van der Waals surface area contributed by atoms with E-state index in [2.05, 4.69) is 31.9 Å². The fourth-order valence-electron chi connectivity index (χ4n) is 1.44. The minimum Gasteiger partial charge on any atom is -0.289 e. The van der Waals surface area contributed by atoms with Crippen LogP contribution in [0, 0.1) is 5.82 Å². The highest BCUT2D eigenvalue weighted by molar-refractivity contribution is 9.10. The highest BCUT2D eigenvalue weighted by atomic mass is 79.9. The van der Waals surface area contributed by atoms with Gasteiger partial charge in [0.05, 0.1) is 9.50 Å². The van der Waals surface area contributed by atoms with Crippen molar-refractivity contribution in [2.24, 2.45) is 0 Å². The Morgan fingerprint density at radius 2 is 1.56 bits per heavy atom. The smallest absolute Gasteiger partial charge is 0.193 e. The Morgan fingerprint density at radius 1 is 1.00 bits per heavy atom. The van der Waals surface area contributed by atoms with Crippen LogP contribution in [0.5, 0.6) is 0 Å². The maximum absolute atomic E-state index is 13.1. The quantitative estimate of drug-likeness (QED) is 0.639. The lowest BCUT2D eigenvalue weighted by Crippen LogP contribution is -2.01. The van der Waals surface area contributed by atoms with Crippen molar-refractivity contribution in [2.75, 3.05) is 0 Å². The summed E-state index contributed by atoms with van der Waals surface area (Å²) in [4.78, 5) is 12.2. The maximum atomic E-state index is 13.1. The van der Waals surface area contributed by atoms with Crippen molar-refractivity contribution in [2.45, 2.75) is 0 Å². The third-order valence-electron chi connectivity index (χ3n) is 2.36. The molecule has 18 heavy (non-hydrogen) atoms. The van der Waals surface area contributed by atoms with Gasteiger partial charge < -0.3 is 0 Å². The van der Waals surface area contributed by atoms with Gasteiger partial charge in [-0.05, 0) is 68.3 Å². The van der Waals surface area contributed by atoms with Gasteiger partial charge in [-0.1, -0.05) is 11.6 Å². The van der Waals surface area contributed by atoms with Crippen LogP contribution in [-0.2, 0) is 0 Å². The molecule has 0 amide bonds. The second-order valence-electron chi connectivity index (χ2n) is 3.59. The summed E-state index contributed by atoms with van der Waals surface area (Å²) >= 11 is 12.2. The van der Waals surface area contributed by atoms with Crippen molar-refractivity contribution in [1.82, 2.24) is 0 Å². The number of hydrogen-bond donors (Lipinski definition) is 0. The lowest BCUT2D eigenvalue weighted by molar-refractivity contribution is 0.103. The van der Waals surface area contributed by atoms with Gasteiger partial charge in [0.1, 0.15) is 5.82 Å². The van der Waals surface area contributed by atoms with Crippen LogP contribution in [-0.4, -0.2) is 5.78 Å². The standard InChI is InChI=1S/C13H6Br2ClFO/c14-9-5-7(1-3-11(9)16)13(18)8-2-4-12(17)10(15)6-8/h1-6H. The Kier molecular flexibility index (Phi) is 4.20. The highest BCUT2D eigenvalue weighted by Crippen LogP contribution is 2.25. The molecular weight excluding hydrogens is 386 g/mol. The normalized spacial score (nSPS) is 10.4. The molecule has 0 N–H and O–H groups in total. The van der Waals surface area contributed by atoms with Gasteiger partial charge in [0.15, 0.2) is 5.78 Å². The zero-order chi connectivity index (χ0) is 13.3. The molecule has 5 heteroatoms. The van der Waals surface area contributed by atoms with Crippen LogP contribution in [0.2, 0.25) is 5.02 Å². The number of carbonyl (C=O) groups excluding carboxylic acids is 1. The zero-order valence-electron chi connectivity index (χ0n) is 8.88. The van der Waals surface area contributed by atoms with E-state index < -0.39 is 5.82 Å². The van der Waals surface area contributed by atoms with Crippen molar-refractivity contribution >= 4 is 49.2 Å². The number of rotatable bonds is 2. The molecular formula is C13H6Br2ClFO. The summed E-state index contributed by atoms with van der Waals surface area (Å²) in [5.41, 5.74) is 0.905. The lowest BCUT2D eigenvalue weighted by atomic mass is 10.0. The molecule has 0 bridgehead atoms. The van der Waals surface area contributed by atoms with Crippen molar-refractivity contribution < 1.29 is 9.18 Å². The van der Waals surface area contributed by atoms with Gasteiger partial charge in [-0.2, -0.15) is 0 Å². The van der Waals surface area contributed by atoms with Crippen molar-refractivity contribution in [1.29, 1.82) is 0 Å². The fraction of sp³-hybridized carbons (Fsp3) is 0. The van der Waals surface area contributed by atoms with Gasteiger partial charge in [0, 0.05) is 15.6 Å². The third-order valence-corrected chi connectivity index (χ3v) is 4.19. The van der Waals surface area contributed by atoms with Crippen LogP contribution in [0.1, 0.15) is 15.9 Å². The average Bonchev–Trinajstić information content (AvgIpc) is 2.35. The molecule has 0 radical (unpaired) electrons. The van der Waals surface area contributed by atoms with E-state index in [1.807, 2.05) is 0 Å². The van der Waals surface area contributed by atoms with Crippen LogP contribution >= 0.6 is 43.5 Å². The summed E-state index contributed by atoms with van der Waals surface area (Å²) in [5.74, 6) is -0.586. The summed E-state index contributed by atoms with van der Waals surface area (Å²) in [6.07, 6.45) is 0. The fourth-order valence-corrected chi connectivity index (χ4v) is 2.32. The summed E-state index contributed by atoms with van der Waals surface area (Å²) in [6.45, 7) is 0. The van der Waals surface area contributed by atoms with Crippen LogP contribution < -0.4 is 0 Å². The molecule has 0 aliphatic heterocycles. The third kappa shape index (κ3) is 2.82. The average molecular weight is 392 g/mol. The number of ketones is 1. The minimum atomic E-state index is -0.399. The molecule has 2 rings (SSSR count). The van der Waals surface area contributed by atoms with Crippen molar-refractivity contribution in [3.05, 3.63) is 67.3 Å². The maximum Gasteiger partial charge on any atom is 0.193 e. The Bertz CT molecular complexity index is 575. The molecule has 0 aliphatic carbocycles. The van der Waals surface area contributed by atoms with Gasteiger partial charge in [0.2, 0.25) is 0 Å². The largest absolute Gasteiger partial charge is 0.289 e. The molecule has 0 heterocycles. The molecule has 0 unspecified atom stereocenters. The molecule has 1 nitrogen and oxygen atoms in total. The first-order chi connectivity index (χ1) is 8.49. The topological polar surface area (TPSA) is 17.1 Å². The molecule has 0 aliphatic rings. The second-order valence-corrected chi connectivity index (χ2v) is 5.70. The Morgan fingerprint density at radius 3 is 2.11 bits per heavy atom. The van der Waals surface area contributed by atoms with E-state index in [4.69, 9.17) is 11.6 Å². The first-order valence-electron chi connectivity index (χ1n) is 4.94. The van der Waals surface area contributed by atoms with Gasteiger partial charge in [-0.15, -0.1) is 0 Å². The first kappa shape index (κ1) is 13.7. The highest BCUT2D eigenvalue weighted by Gasteiger charge is 2.12.